The number of carbonyl (C=O) groups excluding carboxylic acids is 1. The number of nitrogens with one attached hydrogen (secondary N) is 2. The van der Waals surface area contributed by atoms with Crippen LogP contribution in [0.3, 0.4) is 0 Å². The van der Waals surface area contributed by atoms with Gasteiger partial charge in [0.1, 0.15) is 6.04 Å². The van der Waals surface area contributed by atoms with Gasteiger partial charge >= 0.3 is 0 Å². The molecule has 0 radical (unpaired) electrons. The van der Waals surface area contributed by atoms with Gasteiger partial charge in [0.05, 0.1) is 23.6 Å². The molecule has 1 aromatic carbocycles. The van der Waals surface area contributed by atoms with E-state index >= 15 is 0 Å². The lowest BCUT2D eigenvalue weighted by Gasteiger charge is -2.30. The van der Waals surface area contributed by atoms with Crippen molar-refractivity contribution in [1.82, 2.24) is 10.6 Å². The topological polar surface area (TPSA) is 84.5 Å². The van der Waals surface area contributed by atoms with Gasteiger partial charge in [0.15, 0.2) is 9.84 Å². The summed E-state index contributed by atoms with van der Waals surface area (Å²) in [6, 6.07) is 5.96. The summed E-state index contributed by atoms with van der Waals surface area (Å²) in [4.78, 5) is 12.5. The molecule has 23 heavy (non-hydrogen) atoms. The third-order valence-corrected chi connectivity index (χ3v) is 4.89. The Morgan fingerprint density at radius 3 is 2.48 bits per heavy atom. The normalized spacial score (nSPS) is 22.7. The summed E-state index contributed by atoms with van der Waals surface area (Å²) < 4.78 is 28.3. The summed E-state index contributed by atoms with van der Waals surface area (Å²) in [7, 11) is -3.21. The Morgan fingerprint density at radius 1 is 1.35 bits per heavy atom. The van der Waals surface area contributed by atoms with Crippen LogP contribution in [0.5, 0.6) is 0 Å². The molecule has 3 atom stereocenters. The van der Waals surface area contributed by atoms with Gasteiger partial charge in [-0.05, 0) is 31.5 Å². The van der Waals surface area contributed by atoms with Crippen LogP contribution in [0.2, 0.25) is 0 Å². The SMILES string of the molecule is CC(NC(=O)[C@H]1NCCO[C@@H]1C)c1ccc(S(C)(=O)=O)cc1.Cl. The molecule has 1 saturated heterocycles. The third-order valence-electron chi connectivity index (χ3n) is 3.77. The summed E-state index contributed by atoms with van der Waals surface area (Å²) in [5.74, 6) is -0.119. The van der Waals surface area contributed by atoms with E-state index in [0.29, 0.717) is 13.2 Å². The summed E-state index contributed by atoms with van der Waals surface area (Å²) in [6.07, 6.45) is 0.997. The number of carbonyl (C=O) groups is 1. The second-order valence-corrected chi connectivity index (χ2v) is 7.59. The monoisotopic (exact) mass is 362 g/mol. The van der Waals surface area contributed by atoms with Gasteiger partial charge in [-0.3, -0.25) is 4.79 Å². The molecule has 1 fully saturated rings. The lowest BCUT2D eigenvalue weighted by atomic mass is 10.1. The largest absolute Gasteiger partial charge is 0.375 e. The van der Waals surface area contributed by atoms with Crippen molar-refractivity contribution in [3.63, 3.8) is 0 Å². The van der Waals surface area contributed by atoms with Crippen LogP contribution in [0, 0.1) is 0 Å². The van der Waals surface area contributed by atoms with Crippen LogP contribution in [-0.4, -0.2) is 45.9 Å². The minimum Gasteiger partial charge on any atom is -0.375 e. The Hall–Kier alpha value is -1.15. The van der Waals surface area contributed by atoms with E-state index < -0.39 is 9.84 Å². The molecule has 1 amide bonds. The van der Waals surface area contributed by atoms with Crippen LogP contribution < -0.4 is 10.6 Å². The van der Waals surface area contributed by atoms with Gasteiger partial charge in [-0.1, -0.05) is 12.1 Å². The van der Waals surface area contributed by atoms with Crippen molar-refractivity contribution in [2.75, 3.05) is 19.4 Å². The van der Waals surface area contributed by atoms with Gasteiger partial charge < -0.3 is 15.4 Å². The summed E-state index contributed by atoms with van der Waals surface area (Å²) in [5.41, 5.74) is 0.852. The predicted molar refractivity (Wildman–Crippen MR) is 90.6 cm³/mol. The average molecular weight is 363 g/mol. The number of hydrogen-bond donors (Lipinski definition) is 2. The van der Waals surface area contributed by atoms with Gasteiger partial charge in [-0.2, -0.15) is 0 Å². The number of rotatable bonds is 4. The number of amides is 1. The van der Waals surface area contributed by atoms with Crippen LogP contribution in [0.4, 0.5) is 0 Å². The van der Waals surface area contributed by atoms with Gasteiger partial charge in [-0.15, -0.1) is 12.4 Å². The van der Waals surface area contributed by atoms with Gasteiger partial charge in [0, 0.05) is 12.8 Å². The number of halogens is 1. The van der Waals surface area contributed by atoms with Crippen molar-refractivity contribution in [3.05, 3.63) is 29.8 Å². The van der Waals surface area contributed by atoms with E-state index in [0.717, 1.165) is 5.56 Å². The van der Waals surface area contributed by atoms with Crippen molar-refractivity contribution in [3.8, 4) is 0 Å². The highest BCUT2D eigenvalue weighted by Gasteiger charge is 2.29. The summed E-state index contributed by atoms with van der Waals surface area (Å²) >= 11 is 0. The molecule has 2 N–H and O–H groups in total. The second kappa shape index (κ2) is 8.10. The van der Waals surface area contributed by atoms with Crippen LogP contribution >= 0.6 is 12.4 Å². The maximum absolute atomic E-state index is 12.3. The average Bonchev–Trinajstić information content (AvgIpc) is 2.46. The minimum atomic E-state index is -3.21. The zero-order valence-corrected chi connectivity index (χ0v) is 15.0. The molecular weight excluding hydrogens is 340 g/mol. The van der Waals surface area contributed by atoms with Crippen molar-refractivity contribution >= 4 is 28.2 Å². The zero-order valence-electron chi connectivity index (χ0n) is 13.4. The van der Waals surface area contributed by atoms with E-state index in [2.05, 4.69) is 10.6 Å². The van der Waals surface area contributed by atoms with Crippen LogP contribution in [0.1, 0.15) is 25.5 Å². The van der Waals surface area contributed by atoms with Crippen molar-refractivity contribution in [2.24, 2.45) is 0 Å². The van der Waals surface area contributed by atoms with Crippen molar-refractivity contribution < 1.29 is 17.9 Å². The molecule has 2 rings (SSSR count). The molecule has 1 aromatic rings. The highest BCUT2D eigenvalue weighted by Crippen LogP contribution is 2.17. The molecule has 0 saturated carbocycles. The quantitative estimate of drug-likeness (QED) is 0.836. The van der Waals surface area contributed by atoms with Crippen molar-refractivity contribution in [1.29, 1.82) is 0 Å². The fourth-order valence-corrected chi connectivity index (χ4v) is 3.05. The molecule has 0 bridgehead atoms. The summed E-state index contributed by atoms with van der Waals surface area (Å²) in [5, 5.41) is 6.06. The molecular formula is C15H23ClN2O4S. The molecule has 0 aliphatic carbocycles. The maximum atomic E-state index is 12.3. The first-order valence-corrected chi connectivity index (χ1v) is 9.13. The van der Waals surface area contributed by atoms with Crippen LogP contribution in [-0.2, 0) is 19.4 Å². The molecule has 6 nitrogen and oxygen atoms in total. The minimum absolute atomic E-state index is 0. The van der Waals surface area contributed by atoms with E-state index in [4.69, 9.17) is 4.74 Å². The molecule has 0 spiro atoms. The third kappa shape index (κ3) is 5.17. The van der Waals surface area contributed by atoms with E-state index in [1.165, 1.54) is 6.26 Å². The zero-order chi connectivity index (χ0) is 16.3. The Balaban J connectivity index is 0.00000264. The van der Waals surface area contributed by atoms with E-state index in [1.807, 2.05) is 13.8 Å². The Morgan fingerprint density at radius 2 is 1.96 bits per heavy atom. The van der Waals surface area contributed by atoms with Gasteiger partial charge in [-0.25, -0.2) is 8.42 Å². The number of morpholine rings is 1. The van der Waals surface area contributed by atoms with Gasteiger partial charge in [0.2, 0.25) is 5.91 Å². The predicted octanol–water partition coefficient (Wildman–Crippen LogP) is 1.07. The molecule has 1 heterocycles. The van der Waals surface area contributed by atoms with Crippen LogP contribution in [0.25, 0.3) is 0 Å². The lowest BCUT2D eigenvalue weighted by Crippen LogP contribution is -2.55. The second-order valence-electron chi connectivity index (χ2n) is 5.58. The molecule has 8 heteroatoms. The van der Waals surface area contributed by atoms with E-state index in [-0.39, 0.29) is 41.4 Å². The molecule has 1 aliphatic heterocycles. The Labute approximate surface area is 143 Å². The first kappa shape index (κ1) is 19.9. The molecule has 0 aromatic heterocycles. The first-order chi connectivity index (χ1) is 10.3. The Bertz CT molecular complexity index is 633. The highest BCUT2D eigenvalue weighted by molar-refractivity contribution is 7.90. The van der Waals surface area contributed by atoms with E-state index in [1.54, 1.807) is 24.3 Å². The summed E-state index contributed by atoms with van der Waals surface area (Å²) in [6.45, 7) is 4.98. The molecule has 1 unspecified atom stereocenters. The Kier molecular flexibility index (Phi) is 7.01. The molecule has 1 aliphatic rings. The number of ether oxygens (including phenoxy) is 1. The molecule has 130 valence electrons. The first-order valence-electron chi connectivity index (χ1n) is 7.24. The van der Waals surface area contributed by atoms with E-state index in [9.17, 15) is 13.2 Å². The smallest absolute Gasteiger partial charge is 0.240 e. The number of sulfone groups is 1. The van der Waals surface area contributed by atoms with Crippen LogP contribution in [0.15, 0.2) is 29.2 Å². The lowest BCUT2D eigenvalue weighted by molar-refractivity contribution is -0.129. The maximum Gasteiger partial charge on any atom is 0.240 e. The number of benzene rings is 1. The standard InChI is InChI=1S/C15H22N2O4S.ClH/c1-10(12-4-6-13(7-5-12)22(3,19)20)17-15(18)14-11(2)21-9-8-16-14;/h4-7,10-11,14,16H,8-9H2,1-3H3,(H,17,18);1H/t10?,11-,14+;/m1./s1. The van der Waals surface area contributed by atoms with Gasteiger partial charge in [0.25, 0.3) is 0 Å². The van der Waals surface area contributed by atoms with Crippen molar-refractivity contribution in [2.45, 2.75) is 36.9 Å². The number of hydrogen-bond acceptors (Lipinski definition) is 5. The fourth-order valence-electron chi connectivity index (χ4n) is 2.42. The fraction of sp³-hybridized carbons (Fsp3) is 0.533. The highest BCUT2D eigenvalue weighted by atomic mass is 35.5.